The minimum absolute atomic E-state index is 0.0195. The van der Waals surface area contributed by atoms with Gasteiger partial charge in [-0.2, -0.15) is 11.3 Å². The molecule has 0 aromatic carbocycles. The molecule has 4 heteroatoms. The maximum absolute atomic E-state index is 11.8. The molecule has 1 fully saturated rings. The van der Waals surface area contributed by atoms with E-state index < -0.39 is 0 Å². The molecule has 1 aromatic heterocycles. The molecule has 0 radical (unpaired) electrons. The van der Waals surface area contributed by atoms with Crippen LogP contribution in [0.4, 0.5) is 0 Å². The van der Waals surface area contributed by atoms with Crippen LogP contribution in [0.3, 0.4) is 0 Å². The maximum Gasteiger partial charge on any atom is 0.237 e. The summed E-state index contributed by atoms with van der Waals surface area (Å²) < 4.78 is 0. The van der Waals surface area contributed by atoms with Crippen molar-refractivity contribution in [3.63, 3.8) is 0 Å². The van der Waals surface area contributed by atoms with Crippen LogP contribution in [0.15, 0.2) is 16.8 Å². The molecule has 2 N–H and O–H groups in total. The van der Waals surface area contributed by atoms with Crippen molar-refractivity contribution in [2.24, 2.45) is 0 Å². The third-order valence-electron chi connectivity index (χ3n) is 2.78. The lowest BCUT2D eigenvalue weighted by Crippen LogP contribution is -2.41. The highest BCUT2D eigenvalue weighted by Gasteiger charge is 2.23. The fourth-order valence-corrected chi connectivity index (χ4v) is 2.58. The molecule has 2 rings (SSSR count). The van der Waals surface area contributed by atoms with E-state index in [1.807, 2.05) is 12.3 Å². The Morgan fingerprint density at radius 3 is 3.20 bits per heavy atom. The summed E-state index contributed by atoms with van der Waals surface area (Å²) in [6.45, 7) is 2.99. The van der Waals surface area contributed by atoms with Gasteiger partial charge in [-0.1, -0.05) is 0 Å². The second-order valence-corrected chi connectivity index (χ2v) is 4.72. The average molecular weight is 224 g/mol. The van der Waals surface area contributed by atoms with E-state index in [-0.39, 0.29) is 18.0 Å². The van der Waals surface area contributed by atoms with Crippen LogP contribution >= 0.6 is 11.3 Å². The molecule has 0 spiro atoms. The van der Waals surface area contributed by atoms with Crippen LogP contribution in [0.1, 0.15) is 31.4 Å². The number of amides is 1. The quantitative estimate of drug-likeness (QED) is 0.820. The van der Waals surface area contributed by atoms with Crippen molar-refractivity contribution >= 4 is 17.2 Å². The summed E-state index contributed by atoms with van der Waals surface area (Å²) >= 11 is 1.66. The fraction of sp³-hybridized carbons (Fsp3) is 0.545. The van der Waals surface area contributed by atoms with Crippen LogP contribution in [-0.4, -0.2) is 18.5 Å². The third kappa shape index (κ3) is 2.58. The van der Waals surface area contributed by atoms with Crippen molar-refractivity contribution in [3.8, 4) is 0 Å². The molecule has 3 nitrogen and oxygen atoms in total. The monoisotopic (exact) mass is 224 g/mol. The maximum atomic E-state index is 11.8. The number of rotatable bonds is 3. The Morgan fingerprint density at radius 1 is 1.73 bits per heavy atom. The van der Waals surface area contributed by atoms with Gasteiger partial charge in [0.15, 0.2) is 0 Å². The van der Waals surface area contributed by atoms with Gasteiger partial charge >= 0.3 is 0 Å². The molecule has 0 aliphatic carbocycles. The van der Waals surface area contributed by atoms with E-state index in [0.29, 0.717) is 0 Å². The predicted molar refractivity (Wildman–Crippen MR) is 61.9 cm³/mol. The van der Waals surface area contributed by atoms with Crippen LogP contribution in [0, 0.1) is 0 Å². The summed E-state index contributed by atoms with van der Waals surface area (Å²) in [4.78, 5) is 11.8. The third-order valence-corrected chi connectivity index (χ3v) is 3.48. The van der Waals surface area contributed by atoms with E-state index in [4.69, 9.17) is 0 Å². The zero-order chi connectivity index (χ0) is 10.7. The standard InChI is InChI=1S/C11H16N2OS/c1-8(9-4-6-15-7-9)13-11(14)10-3-2-5-12-10/h4,6-8,10,12H,2-3,5H2,1H3,(H,13,14)/t8?,10-/m0/s1. The Hall–Kier alpha value is -0.870. The highest BCUT2D eigenvalue weighted by atomic mass is 32.1. The largest absolute Gasteiger partial charge is 0.348 e. The summed E-state index contributed by atoms with van der Waals surface area (Å²) in [5.74, 6) is 0.131. The van der Waals surface area contributed by atoms with Crippen LogP contribution in [0.25, 0.3) is 0 Å². The molecule has 1 aromatic rings. The van der Waals surface area contributed by atoms with Gasteiger partial charge in [0.2, 0.25) is 5.91 Å². The van der Waals surface area contributed by atoms with E-state index in [1.165, 1.54) is 5.56 Å². The first kappa shape index (κ1) is 10.6. The molecule has 82 valence electrons. The number of thiophene rings is 1. The first-order valence-electron chi connectivity index (χ1n) is 5.33. The molecule has 2 heterocycles. The molecule has 1 amide bonds. The van der Waals surface area contributed by atoms with Crippen LogP contribution in [0.2, 0.25) is 0 Å². The van der Waals surface area contributed by atoms with E-state index in [0.717, 1.165) is 19.4 Å². The smallest absolute Gasteiger partial charge is 0.237 e. The van der Waals surface area contributed by atoms with Crippen LogP contribution in [0.5, 0.6) is 0 Å². The Morgan fingerprint density at radius 2 is 2.60 bits per heavy atom. The van der Waals surface area contributed by atoms with Crippen LogP contribution < -0.4 is 10.6 Å². The van der Waals surface area contributed by atoms with Gasteiger partial charge in [-0.05, 0) is 48.7 Å². The summed E-state index contributed by atoms with van der Waals surface area (Å²) in [6, 6.07) is 2.19. The number of hydrogen-bond donors (Lipinski definition) is 2. The molecule has 1 unspecified atom stereocenters. The molecule has 15 heavy (non-hydrogen) atoms. The Bertz CT molecular complexity index is 317. The molecule has 1 aliphatic rings. The molecule has 2 atom stereocenters. The van der Waals surface area contributed by atoms with Crippen molar-refractivity contribution in [2.45, 2.75) is 31.8 Å². The molecule has 1 aliphatic heterocycles. The summed E-state index contributed by atoms with van der Waals surface area (Å²) in [7, 11) is 0. The van der Waals surface area contributed by atoms with Gasteiger partial charge in [-0.25, -0.2) is 0 Å². The number of nitrogens with one attached hydrogen (secondary N) is 2. The van der Waals surface area contributed by atoms with E-state index in [9.17, 15) is 4.79 Å². The topological polar surface area (TPSA) is 41.1 Å². The summed E-state index contributed by atoms with van der Waals surface area (Å²) in [5.41, 5.74) is 1.19. The highest BCUT2D eigenvalue weighted by Crippen LogP contribution is 2.16. The second-order valence-electron chi connectivity index (χ2n) is 3.94. The van der Waals surface area contributed by atoms with Gasteiger partial charge in [-0.3, -0.25) is 4.79 Å². The van der Waals surface area contributed by atoms with Crippen LogP contribution in [-0.2, 0) is 4.79 Å². The van der Waals surface area contributed by atoms with E-state index in [2.05, 4.69) is 22.1 Å². The minimum Gasteiger partial charge on any atom is -0.348 e. The van der Waals surface area contributed by atoms with Gasteiger partial charge in [0, 0.05) is 0 Å². The second kappa shape index (κ2) is 4.77. The van der Waals surface area contributed by atoms with E-state index in [1.54, 1.807) is 11.3 Å². The number of hydrogen-bond acceptors (Lipinski definition) is 3. The fourth-order valence-electron chi connectivity index (χ4n) is 1.83. The molecule has 0 bridgehead atoms. The summed E-state index contributed by atoms with van der Waals surface area (Å²) in [6.07, 6.45) is 2.06. The minimum atomic E-state index is 0.0195. The first-order valence-corrected chi connectivity index (χ1v) is 6.27. The van der Waals surface area contributed by atoms with Gasteiger partial charge in [0.05, 0.1) is 12.1 Å². The van der Waals surface area contributed by atoms with Crippen molar-refractivity contribution in [1.82, 2.24) is 10.6 Å². The predicted octanol–water partition coefficient (Wildman–Crippen LogP) is 1.68. The van der Waals surface area contributed by atoms with Gasteiger partial charge in [0.1, 0.15) is 0 Å². The van der Waals surface area contributed by atoms with Gasteiger partial charge < -0.3 is 10.6 Å². The summed E-state index contributed by atoms with van der Waals surface area (Å²) in [5, 5.41) is 10.3. The lowest BCUT2D eigenvalue weighted by atomic mass is 10.1. The number of carbonyl (C=O) groups excluding carboxylic acids is 1. The molecular formula is C11H16N2OS. The molecule has 1 saturated heterocycles. The molecule has 0 saturated carbocycles. The first-order chi connectivity index (χ1) is 7.27. The SMILES string of the molecule is CC(NC(=O)[C@@H]1CCCN1)c1ccsc1. The van der Waals surface area contributed by atoms with Gasteiger partial charge in [-0.15, -0.1) is 0 Å². The van der Waals surface area contributed by atoms with Crippen molar-refractivity contribution < 1.29 is 4.79 Å². The van der Waals surface area contributed by atoms with Gasteiger partial charge in [0.25, 0.3) is 0 Å². The zero-order valence-corrected chi connectivity index (χ0v) is 9.64. The normalized spacial score (nSPS) is 22.6. The highest BCUT2D eigenvalue weighted by molar-refractivity contribution is 7.07. The number of carbonyl (C=O) groups is 1. The lowest BCUT2D eigenvalue weighted by Gasteiger charge is -2.16. The Labute approximate surface area is 93.9 Å². The van der Waals surface area contributed by atoms with Crippen molar-refractivity contribution in [3.05, 3.63) is 22.4 Å². The van der Waals surface area contributed by atoms with Crippen molar-refractivity contribution in [1.29, 1.82) is 0 Å². The lowest BCUT2D eigenvalue weighted by molar-refractivity contribution is -0.123. The average Bonchev–Trinajstić information content (AvgIpc) is 2.91. The Kier molecular flexibility index (Phi) is 3.38. The Balaban J connectivity index is 1.88. The molecular weight excluding hydrogens is 208 g/mol. The zero-order valence-electron chi connectivity index (χ0n) is 8.82. The van der Waals surface area contributed by atoms with Crippen molar-refractivity contribution in [2.75, 3.05) is 6.54 Å². The van der Waals surface area contributed by atoms with E-state index >= 15 is 0 Å².